The van der Waals surface area contributed by atoms with Crippen molar-refractivity contribution in [1.82, 2.24) is 5.32 Å². The summed E-state index contributed by atoms with van der Waals surface area (Å²) < 4.78 is 5.16. The first-order chi connectivity index (χ1) is 14.1. The van der Waals surface area contributed by atoms with Crippen molar-refractivity contribution in [3.63, 3.8) is 0 Å². The van der Waals surface area contributed by atoms with Gasteiger partial charge in [-0.25, -0.2) is 4.90 Å². The van der Waals surface area contributed by atoms with E-state index in [-0.39, 0.29) is 18.4 Å². The number of hydrogen-bond acceptors (Lipinski definition) is 5. The number of benzene rings is 2. The van der Waals surface area contributed by atoms with Crippen molar-refractivity contribution in [2.24, 2.45) is 11.8 Å². The van der Waals surface area contributed by atoms with Crippen LogP contribution in [-0.2, 0) is 19.1 Å². The summed E-state index contributed by atoms with van der Waals surface area (Å²) in [6.07, 6.45) is 3.75. The van der Waals surface area contributed by atoms with Gasteiger partial charge in [-0.1, -0.05) is 60.7 Å². The second-order valence-electron chi connectivity index (χ2n) is 7.09. The van der Waals surface area contributed by atoms with Crippen LogP contribution in [0.4, 0.5) is 5.69 Å². The largest absolute Gasteiger partial charge is 0.465 e. The third-order valence-electron chi connectivity index (χ3n) is 5.37. The average Bonchev–Trinajstić information content (AvgIpc) is 3.25. The van der Waals surface area contributed by atoms with E-state index in [0.29, 0.717) is 5.69 Å². The molecule has 2 heterocycles. The number of rotatable bonds is 5. The normalized spacial score (nSPS) is 26.2. The topological polar surface area (TPSA) is 75.7 Å². The minimum Gasteiger partial charge on any atom is -0.465 e. The molecule has 0 aromatic heterocycles. The Bertz CT molecular complexity index is 942. The zero-order valence-electron chi connectivity index (χ0n) is 16.0. The zero-order chi connectivity index (χ0) is 20.4. The van der Waals surface area contributed by atoms with Crippen molar-refractivity contribution in [2.45, 2.75) is 19.0 Å². The Kier molecular flexibility index (Phi) is 5.27. The summed E-state index contributed by atoms with van der Waals surface area (Å²) in [5.41, 5.74) is 1.49. The highest BCUT2D eigenvalue weighted by molar-refractivity contribution is 6.23. The highest BCUT2D eigenvalue weighted by Crippen LogP contribution is 2.40. The van der Waals surface area contributed by atoms with E-state index >= 15 is 0 Å². The third kappa shape index (κ3) is 3.47. The fourth-order valence-electron chi connectivity index (χ4n) is 4.09. The van der Waals surface area contributed by atoms with Crippen LogP contribution in [0.1, 0.15) is 12.5 Å². The van der Waals surface area contributed by atoms with Gasteiger partial charge >= 0.3 is 5.97 Å². The molecule has 2 amide bonds. The molecule has 4 atom stereocenters. The van der Waals surface area contributed by atoms with E-state index < -0.39 is 29.9 Å². The number of anilines is 1. The molecular weight excluding hydrogens is 368 g/mol. The lowest BCUT2D eigenvalue weighted by molar-refractivity contribution is -0.148. The molecule has 1 N–H and O–H groups in total. The van der Waals surface area contributed by atoms with Gasteiger partial charge in [0.1, 0.15) is 6.04 Å². The molecular formula is C23H22N2O4. The third-order valence-corrected chi connectivity index (χ3v) is 5.37. The van der Waals surface area contributed by atoms with Gasteiger partial charge in [-0.05, 0) is 24.6 Å². The Morgan fingerprint density at radius 3 is 2.28 bits per heavy atom. The van der Waals surface area contributed by atoms with Crippen molar-refractivity contribution in [1.29, 1.82) is 0 Å². The van der Waals surface area contributed by atoms with Crippen molar-refractivity contribution in [3.05, 3.63) is 72.3 Å². The van der Waals surface area contributed by atoms with E-state index in [0.717, 1.165) is 5.56 Å². The number of ether oxygens (including phenoxy) is 1. The van der Waals surface area contributed by atoms with E-state index in [1.54, 1.807) is 31.2 Å². The standard InChI is InChI=1S/C23H22N2O4/c1-2-29-23(28)20-19-18(17(24-20)14-13-15-9-5-3-6-10-15)21(26)25(22(19)27)16-11-7-4-8-12-16/h3-14,17-20,24H,2H2,1H3/b14-13+/t17-,18+,19+,20-/m1/s1. The summed E-state index contributed by atoms with van der Waals surface area (Å²) in [5.74, 6) is -2.61. The summed E-state index contributed by atoms with van der Waals surface area (Å²) in [5, 5.41) is 3.15. The Hall–Kier alpha value is -3.25. The maximum atomic E-state index is 13.2. The summed E-state index contributed by atoms with van der Waals surface area (Å²) in [4.78, 5) is 40.1. The van der Waals surface area contributed by atoms with Crippen molar-refractivity contribution in [2.75, 3.05) is 11.5 Å². The molecule has 2 aliphatic heterocycles. The van der Waals surface area contributed by atoms with Crippen LogP contribution < -0.4 is 10.2 Å². The fourth-order valence-corrected chi connectivity index (χ4v) is 4.09. The summed E-state index contributed by atoms with van der Waals surface area (Å²) in [6, 6.07) is 17.2. The van der Waals surface area contributed by atoms with Gasteiger partial charge in [-0.2, -0.15) is 0 Å². The van der Waals surface area contributed by atoms with E-state index in [9.17, 15) is 14.4 Å². The first-order valence-electron chi connectivity index (χ1n) is 9.70. The number of nitrogens with one attached hydrogen (secondary N) is 1. The first-order valence-corrected chi connectivity index (χ1v) is 9.70. The van der Waals surface area contributed by atoms with Gasteiger partial charge in [0.25, 0.3) is 0 Å². The molecule has 2 aromatic rings. The van der Waals surface area contributed by atoms with Crippen LogP contribution in [-0.4, -0.2) is 36.5 Å². The molecule has 148 valence electrons. The van der Waals surface area contributed by atoms with Crippen molar-refractivity contribution in [3.8, 4) is 0 Å². The minimum atomic E-state index is -0.851. The van der Waals surface area contributed by atoms with Crippen LogP contribution in [0.5, 0.6) is 0 Å². The van der Waals surface area contributed by atoms with Crippen LogP contribution in [0.15, 0.2) is 66.7 Å². The molecule has 2 saturated heterocycles. The predicted octanol–water partition coefficient (Wildman–Crippen LogP) is 2.41. The smallest absolute Gasteiger partial charge is 0.323 e. The maximum Gasteiger partial charge on any atom is 0.323 e. The number of carbonyl (C=O) groups excluding carboxylic acids is 3. The Balaban J connectivity index is 1.68. The number of para-hydroxylation sites is 1. The van der Waals surface area contributed by atoms with E-state index in [1.807, 2.05) is 48.6 Å². The second-order valence-corrected chi connectivity index (χ2v) is 7.09. The molecule has 2 aliphatic rings. The van der Waals surface area contributed by atoms with Crippen LogP contribution in [0.25, 0.3) is 6.08 Å². The molecule has 4 rings (SSSR count). The maximum absolute atomic E-state index is 13.2. The summed E-state index contributed by atoms with van der Waals surface area (Å²) >= 11 is 0. The van der Waals surface area contributed by atoms with Gasteiger partial charge in [0.2, 0.25) is 11.8 Å². The van der Waals surface area contributed by atoms with Gasteiger partial charge < -0.3 is 4.74 Å². The van der Waals surface area contributed by atoms with Crippen LogP contribution in [0, 0.1) is 11.8 Å². The van der Waals surface area contributed by atoms with E-state index in [4.69, 9.17) is 4.74 Å². The highest BCUT2D eigenvalue weighted by Gasteiger charge is 2.60. The molecule has 6 heteroatoms. The van der Waals surface area contributed by atoms with Gasteiger partial charge in [-0.15, -0.1) is 0 Å². The number of imide groups is 1. The molecule has 0 spiro atoms. The average molecular weight is 390 g/mol. The second kappa shape index (κ2) is 8.01. The number of nitrogens with zero attached hydrogens (tertiary/aromatic N) is 1. The lowest BCUT2D eigenvalue weighted by Gasteiger charge is -2.20. The fraction of sp³-hybridized carbons (Fsp3) is 0.261. The van der Waals surface area contributed by atoms with Gasteiger partial charge in [0.05, 0.1) is 24.1 Å². The number of hydrogen-bond donors (Lipinski definition) is 1. The molecule has 0 saturated carbocycles. The molecule has 0 unspecified atom stereocenters. The number of carbonyl (C=O) groups is 3. The summed E-state index contributed by atoms with van der Waals surface area (Å²) in [7, 11) is 0. The van der Waals surface area contributed by atoms with Gasteiger partial charge in [0, 0.05) is 6.04 Å². The lowest BCUT2D eigenvalue weighted by Crippen LogP contribution is -2.45. The molecule has 2 fully saturated rings. The van der Waals surface area contributed by atoms with Gasteiger partial charge in [-0.3, -0.25) is 19.7 Å². The van der Waals surface area contributed by atoms with Crippen LogP contribution >= 0.6 is 0 Å². The van der Waals surface area contributed by atoms with Crippen molar-refractivity contribution >= 4 is 29.5 Å². The molecule has 2 aromatic carbocycles. The molecule has 0 bridgehead atoms. The SMILES string of the molecule is CCOC(=O)[C@@H]1N[C@H](/C=C/c2ccccc2)[C@@H]2C(=O)N(c3ccccc3)C(=O)[C@@H]21. The van der Waals surface area contributed by atoms with Crippen LogP contribution in [0.3, 0.4) is 0 Å². The number of amides is 2. The minimum absolute atomic E-state index is 0.212. The van der Waals surface area contributed by atoms with E-state index in [2.05, 4.69) is 5.32 Å². The molecule has 0 aliphatic carbocycles. The highest BCUT2D eigenvalue weighted by atomic mass is 16.5. The quantitative estimate of drug-likeness (QED) is 0.627. The Morgan fingerprint density at radius 2 is 1.62 bits per heavy atom. The predicted molar refractivity (Wildman–Crippen MR) is 109 cm³/mol. The number of fused-ring (bicyclic) bond motifs is 1. The van der Waals surface area contributed by atoms with E-state index in [1.165, 1.54) is 4.90 Å². The monoisotopic (exact) mass is 390 g/mol. The zero-order valence-corrected chi connectivity index (χ0v) is 16.0. The first kappa shape index (κ1) is 19.1. The molecule has 29 heavy (non-hydrogen) atoms. The molecule has 0 radical (unpaired) electrons. The van der Waals surface area contributed by atoms with Gasteiger partial charge in [0.15, 0.2) is 0 Å². The lowest BCUT2D eigenvalue weighted by atomic mass is 9.89. The summed E-state index contributed by atoms with van der Waals surface area (Å²) in [6.45, 7) is 1.93. The van der Waals surface area contributed by atoms with Crippen molar-refractivity contribution < 1.29 is 19.1 Å². The Morgan fingerprint density at radius 1 is 1.00 bits per heavy atom. The van der Waals surface area contributed by atoms with Crippen LogP contribution in [0.2, 0.25) is 0 Å². The molecule has 6 nitrogen and oxygen atoms in total. The Labute approximate surface area is 169 Å². The number of esters is 1.